The molecule has 0 N–H and O–H groups in total. The molecule has 0 spiro atoms. The van der Waals surface area contributed by atoms with Gasteiger partial charge in [0.15, 0.2) is 6.61 Å². The quantitative estimate of drug-likeness (QED) is 0.615. The van der Waals surface area contributed by atoms with Crippen LogP contribution >= 0.6 is 11.6 Å². The molecule has 0 aliphatic carbocycles. The van der Waals surface area contributed by atoms with Gasteiger partial charge < -0.3 is 4.74 Å². The van der Waals surface area contributed by atoms with E-state index >= 15 is 0 Å². The molecule has 0 saturated heterocycles. The first-order valence-electron chi connectivity index (χ1n) is 3.92. The Kier molecular flexibility index (Phi) is 3.57. The number of alkyl halides is 5. The summed E-state index contributed by atoms with van der Waals surface area (Å²) in [6.07, 6.45) is -5.65. The highest BCUT2D eigenvalue weighted by Gasteiger charge is 2.58. The van der Waals surface area contributed by atoms with Gasteiger partial charge in [0.1, 0.15) is 5.15 Å². The smallest absolute Gasteiger partial charge is 0.456 e. The van der Waals surface area contributed by atoms with Gasteiger partial charge in [0, 0.05) is 6.07 Å². The maximum absolute atomic E-state index is 12.4. The summed E-state index contributed by atoms with van der Waals surface area (Å²) in [6, 6.07) is 3.77. The second-order valence-electron chi connectivity index (χ2n) is 2.79. The van der Waals surface area contributed by atoms with Crippen LogP contribution in [0.25, 0.3) is 0 Å². The van der Waals surface area contributed by atoms with Gasteiger partial charge in [0.05, 0.1) is 0 Å². The fourth-order valence-corrected chi connectivity index (χ4v) is 0.872. The fraction of sp³-hybridized carbons (Fsp3) is 0.375. The van der Waals surface area contributed by atoms with E-state index in [1.807, 2.05) is 0 Å². The lowest BCUT2D eigenvalue weighted by molar-refractivity contribution is -0.290. The van der Waals surface area contributed by atoms with Crippen molar-refractivity contribution in [2.24, 2.45) is 0 Å². The summed E-state index contributed by atoms with van der Waals surface area (Å²) in [5, 5.41) is -0.0622. The normalized spacial score (nSPS) is 12.6. The van der Waals surface area contributed by atoms with Crippen molar-refractivity contribution in [3.8, 4) is 5.88 Å². The number of hydrogen-bond acceptors (Lipinski definition) is 2. The first-order chi connectivity index (χ1) is 7.22. The Morgan fingerprint density at radius 1 is 1.19 bits per heavy atom. The van der Waals surface area contributed by atoms with Gasteiger partial charge in [-0.2, -0.15) is 22.0 Å². The van der Waals surface area contributed by atoms with Crippen molar-refractivity contribution >= 4 is 11.6 Å². The maximum atomic E-state index is 12.4. The van der Waals surface area contributed by atoms with E-state index in [-0.39, 0.29) is 5.15 Å². The van der Waals surface area contributed by atoms with Crippen LogP contribution in [0.2, 0.25) is 5.15 Å². The fourth-order valence-electron chi connectivity index (χ4n) is 0.716. The summed E-state index contributed by atoms with van der Waals surface area (Å²) in [5.41, 5.74) is 0. The van der Waals surface area contributed by atoms with Crippen LogP contribution < -0.4 is 4.74 Å². The van der Waals surface area contributed by atoms with Gasteiger partial charge in [0.2, 0.25) is 5.88 Å². The third-order valence-corrected chi connectivity index (χ3v) is 1.72. The Morgan fingerprint density at radius 3 is 2.31 bits per heavy atom. The Bertz CT molecular complexity index is 368. The van der Waals surface area contributed by atoms with E-state index in [9.17, 15) is 22.0 Å². The number of rotatable bonds is 3. The van der Waals surface area contributed by atoms with Crippen LogP contribution in [-0.2, 0) is 0 Å². The topological polar surface area (TPSA) is 22.1 Å². The van der Waals surface area contributed by atoms with Gasteiger partial charge in [-0.25, -0.2) is 4.98 Å². The summed E-state index contributed by atoms with van der Waals surface area (Å²) in [6.45, 7) is -1.83. The van der Waals surface area contributed by atoms with Gasteiger partial charge in [-0.15, -0.1) is 0 Å². The summed E-state index contributed by atoms with van der Waals surface area (Å²) >= 11 is 5.38. The summed E-state index contributed by atoms with van der Waals surface area (Å²) < 4.78 is 64.2. The molecule has 0 amide bonds. The van der Waals surface area contributed by atoms with Crippen molar-refractivity contribution in [1.29, 1.82) is 0 Å². The zero-order chi connectivity index (χ0) is 12.4. The van der Waals surface area contributed by atoms with Crippen molar-refractivity contribution in [3.05, 3.63) is 23.4 Å². The molecule has 2 nitrogen and oxygen atoms in total. The lowest BCUT2D eigenvalue weighted by Crippen LogP contribution is -2.41. The molecule has 0 unspecified atom stereocenters. The van der Waals surface area contributed by atoms with Crippen LogP contribution in [0.3, 0.4) is 0 Å². The van der Waals surface area contributed by atoms with Gasteiger partial charge in [-0.05, 0) is 6.07 Å². The lowest BCUT2D eigenvalue weighted by Gasteiger charge is -2.19. The molecule has 8 heteroatoms. The Balaban J connectivity index is 2.65. The number of halogens is 6. The molecular weight excluding hydrogens is 257 g/mol. The third kappa shape index (κ3) is 3.19. The number of aromatic nitrogens is 1. The second kappa shape index (κ2) is 4.40. The molecule has 0 aliphatic rings. The first kappa shape index (κ1) is 13.0. The number of hydrogen-bond donors (Lipinski definition) is 0. The van der Waals surface area contributed by atoms with Crippen molar-refractivity contribution in [3.63, 3.8) is 0 Å². The zero-order valence-corrected chi connectivity index (χ0v) is 8.32. The Labute approximate surface area is 92.0 Å². The van der Waals surface area contributed by atoms with Gasteiger partial charge in [0.25, 0.3) is 0 Å². The lowest BCUT2D eigenvalue weighted by atomic mass is 10.3. The van der Waals surface area contributed by atoms with Crippen molar-refractivity contribution < 1.29 is 26.7 Å². The molecule has 0 atom stereocenters. The molecule has 0 radical (unpaired) electrons. The van der Waals surface area contributed by atoms with Crippen LogP contribution in [0.1, 0.15) is 0 Å². The van der Waals surface area contributed by atoms with Crippen LogP contribution in [0.4, 0.5) is 22.0 Å². The Morgan fingerprint density at radius 2 is 1.81 bits per heavy atom. The molecule has 16 heavy (non-hydrogen) atoms. The van der Waals surface area contributed by atoms with Gasteiger partial charge in [-0.1, -0.05) is 17.7 Å². The summed E-state index contributed by atoms with van der Waals surface area (Å²) in [7, 11) is 0. The van der Waals surface area contributed by atoms with Crippen molar-refractivity contribution in [2.45, 2.75) is 12.1 Å². The SMILES string of the molecule is FC(F)(F)C(F)(F)COc1cccc(Cl)n1. The van der Waals surface area contributed by atoms with Crippen molar-refractivity contribution in [1.82, 2.24) is 4.98 Å². The van der Waals surface area contributed by atoms with E-state index in [1.165, 1.54) is 12.1 Å². The molecule has 90 valence electrons. The van der Waals surface area contributed by atoms with E-state index in [2.05, 4.69) is 9.72 Å². The predicted octanol–water partition coefficient (Wildman–Crippen LogP) is 3.31. The predicted molar refractivity (Wildman–Crippen MR) is 45.7 cm³/mol. The highest BCUT2D eigenvalue weighted by Crippen LogP contribution is 2.35. The van der Waals surface area contributed by atoms with Crippen LogP contribution in [0.15, 0.2) is 18.2 Å². The minimum absolute atomic E-state index is 0.0622. The molecule has 1 rings (SSSR count). The molecule has 0 saturated carbocycles. The highest BCUT2D eigenvalue weighted by atomic mass is 35.5. The van der Waals surface area contributed by atoms with E-state index in [0.29, 0.717) is 0 Å². The van der Waals surface area contributed by atoms with Gasteiger partial charge >= 0.3 is 12.1 Å². The molecule has 0 fully saturated rings. The standard InChI is InChI=1S/C8H5ClF5NO/c9-5-2-1-3-6(15-5)16-4-7(10,11)8(12,13)14/h1-3H,4H2. The number of ether oxygens (including phenoxy) is 1. The van der Waals surface area contributed by atoms with E-state index in [1.54, 1.807) is 0 Å². The third-order valence-electron chi connectivity index (χ3n) is 1.51. The first-order valence-corrected chi connectivity index (χ1v) is 4.30. The maximum Gasteiger partial charge on any atom is 0.456 e. The van der Waals surface area contributed by atoms with Gasteiger partial charge in [-0.3, -0.25) is 0 Å². The molecule has 0 bridgehead atoms. The zero-order valence-electron chi connectivity index (χ0n) is 7.56. The number of pyridine rings is 1. The Hall–Kier alpha value is -1.11. The molecule has 1 aromatic rings. The second-order valence-corrected chi connectivity index (χ2v) is 3.18. The molecule has 1 aromatic heterocycles. The minimum Gasteiger partial charge on any atom is -0.471 e. The highest BCUT2D eigenvalue weighted by molar-refractivity contribution is 6.29. The molecule has 0 aromatic carbocycles. The summed E-state index contributed by atoms with van der Waals surface area (Å²) in [4.78, 5) is 3.40. The minimum atomic E-state index is -5.65. The molecule has 1 heterocycles. The van der Waals surface area contributed by atoms with Crippen molar-refractivity contribution in [2.75, 3.05) is 6.61 Å². The van der Waals surface area contributed by atoms with E-state index in [0.717, 1.165) is 6.07 Å². The largest absolute Gasteiger partial charge is 0.471 e. The van der Waals surface area contributed by atoms with E-state index < -0.39 is 24.6 Å². The number of nitrogens with zero attached hydrogens (tertiary/aromatic N) is 1. The van der Waals surface area contributed by atoms with Crippen LogP contribution in [0.5, 0.6) is 5.88 Å². The molecule has 0 aliphatic heterocycles. The summed E-state index contributed by atoms with van der Waals surface area (Å²) in [5.74, 6) is -5.31. The van der Waals surface area contributed by atoms with Crippen LogP contribution in [-0.4, -0.2) is 23.7 Å². The average molecular weight is 262 g/mol. The average Bonchev–Trinajstić information content (AvgIpc) is 2.13. The monoisotopic (exact) mass is 261 g/mol. The molecular formula is C8H5ClF5NO. The van der Waals surface area contributed by atoms with E-state index in [4.69, 9.17) is 11.6 Å². The van der Waals surface area contributed by atoms with Crippen LogP contribution in [0, 0.1) is 0 Å².